The van der Waals surface area contributed by atoms with Crippen LogP contribution in [0.15, 0.2) is 31.1 Å². The van der Waals surface area contributed by atoms with Crippen LogP contribution in [-0.2, 0) is 13.0 Å². The highest BCUT2D eigenvalue weighted by molar-refractivity contribution is 5.95. The second kappa shape index (κ2) is 7.26. The van der Waals surface area contributed by atoms with E-state index in [2.05, 4.69) is 27.1 Å². The fourth-order valence-electron chi connectivity index (χ4n) is 2.06. The van der Waals surface area contributed by atoms with Crippen LogP contribution in [0.1, 0.15) is 21.7 Å². The lowest BCUT2D eigenvalue weighted by molar-refractivity contribution is 0.0949. The number of benzene rings is 1. The van der Waals surface area contributed by atoms with E-state index in [1.54, 1.807) is 25.3 Å². The third-order valence-electron chi connectivity index (χ3n) is 3.06. The minimum absolute atomic E-state index is 0.234. The van der Waals surface area contributed by atoms with Crippen LogP contribution in [0.3, 0.4) is 0 Å². The zero-order chi connectivity index (χ0) is 15.9. The van der Waals surface area contributed by atoms with Gasteiger partial charge in [-0.3, -0.25) is 9.89 Å². The van der Waals surface area contributed by atoms with Gasteiger partial charge in [0.15, 0.2) is 11.5 Å². The molecule has 0 aliphatic rings. The fourth-order valence-corrected chi connectivity index (χ4v) is 2.06. The van der Waals surface area contributed by atoms with Gasteiger partial charge in [-0.2, -0.15) is 5.10 Å². The van der Waals surface area contributed by atoms with Gasteiger partial charge in [-0.15, -0.1) is 6.58 Å². The highest BCUT2D eigenvalue weighted by Crippen LogP contribution is 2.33. The number of amides is 1. The van der Waals surface area contributed by atoms with Gasteiger partial charge in [-0.25, -0.2) is 4.98 Å². The van der Waals surface area contributed by atoms with Gasteiger partial charge >= 0.3 is 0 Å². The van der Waals surface area contributed by atoms with Gasteiger partial charge in [0.2, 0.25) is 0 Å². The Morgan fingerprint density at radius 1 is 1.41 bits per heavy atom. The molecule has 0 aliphatic heterocycles. The van der Waals surface area contributed by atoms with Crippen molar-refractivity contribution in [2.75, 3.05) is 14.2 Å². The third-order valence-corrected chi connectivity index (χ3v) is 3.06. The van der Waals surface area contributed by atoms with E-state index in [0.717, 1.165) is 5.56 Å². The molecule has 1 amide bonds. The molecule has 0 bridgehead atoms. The van der Waals surface area contributed by atoms with E-state index in [9.17, 15) is 4.79 Å². The van der Waals surface area contributed by atoms with Gasteiger partial charge in [0.1, 0.15) is 12.2 Å². The van der Waals surface area contributed by atoms with E-state index in [4.69, 9.17) is 9.47 Å². The van der Waals surface area contributed by atoms with E-state index in [1.807, 2.05) is 0 Å². The molecule has 0 aliphatic carbocycles. The third kappa shape index (κ3) is 3.43. The molecular weight excluding hydrogens is 284 g/mol. The first-order valence-electron chi connectivity index (χ1n) is 6.67. The number of nitrogens with zero attached hydrogens (tertiary/aromatic N) is 2. The molecule has 7 nitrogen and oxygen atoms in total. The van der Waals surface area contributed by atoms with E-state index in [0.29, 0.717) is 29.3 Å². The molecule has 2 aromatic rings. The number of carbonyl (C=O) groups excluding carboxylic acids is 1. The maximum atomic E-state index is 12.3. The smallest absolute Gasteiger partial charge is 0.251 e. The van der Waals surface area contributed by atoms with E-state index in [-0.39, 0.29) is 12.5 Å². The van der Waals surface area contributed by atoms with Crippen molar-refractivity contribution in [2.24, 2.45) is 0 Å². The Kier molecular flexibility index (Phi) is 5.13. The summed E-state index contributed by atoms with van der Waals surface area (Å²) in [5, 5.41) is 9.17. The minimum Gasteiger partial charge on any atom is -0.493 e. The van der Waals surface area contributed by atoms with Gasteiger partial charge in [0.25, 0.3) is 5.91 Å². The number of nitrogens with one attached hydrogen (secondary N) is 2. The molecule has 0 spiro atoms. The topological polar surface area (TPSA) is 89.1 Å². The van der Waals surface area contributed by atoms with Crippen LogP contribution in [0, 0.1) is 0 Å². The van der Waals surface area contributed by atoms with Crippen LogP contribution in [0.4, 0.5) is 0 Å². The number of carbonyl (C=O) groups is 1. The van der Waals surface area contributed by atoms with Crippen molar-refractivity contribution < 1.29 is 14.3 Å². The number of aromatic nitrogens is 3. The molecule has 1 aromatic carbocycles. The fraction of sp³-hybridized carbons (Fsp3) is 0.267. The first-order chi connectivity index (χ1) is 10.7. The predicted molar refractivity (Wildman–Crippen MR) is 81.0 cm³/mol. The summed E-state index contributed by atoms with van der Waals surface area (Å²) in [5.74, 6) is 1.46. The van der Waals surface area contributed by atoms with Gasteiger partial charge in [-0.05, 0) is 18.6 Å². The number of rotatable bonds is 7. The second-order valence-corrected chi connectivity index (χ2v) is 4.48. The molecule has 0 saturated carbocycles. The van der Waals surface area contributed by atoms with Crippen molar-refractivity contribution in [3.05, 3.63) is 48.1 Å². The van der Waals surface area contributed by atoms with Gasteiger partial charge in [0.05, 0.1) is 20.8 Å². The van der Waals surface area contributed by atoms with Crippen molar-refractivity contribution in [3.63, 3.8) is 0 Å². The summed E-state index contributed by atoms with van der Waals surface area (Å²) in [6.45, 7) is 3.98. The Labute approximate surface area is 128 Å². The number of hydrogen-bond donors (Lipinski definition) is 2. The standard InChI is InChI=1S/C15H18N4O3/c1-4-5-10-6-11(7-12(21-2)14(10)22-3)15(20)16-8-13-17-9-18-19-13/h4,6-7,9H,1,5,8H2,2-3H3,(H,16,20)(H,17,18,19). The number of allylic oxidation sites excluding steroid dienone is 1. The molecule has 2 rings (SSSR count). The summed E-state index contributed by atoms with van der Waals surface area (Å²) in [4.78, 5) is 16.2. The summed E-state index contributed by atoms with van der Waals surface area (Å²) in [6.07, 6.45) is 3.70. The Balaban J connectivity index is 2.23. The summed E-state index contributed by atoms with van der Waals surface area (Å²) in [6, 6.07) is 3.40. The summed E-state index contributed by atoms with van der Waals surface area (Å²) >= 11 is 0. The highest BCUT2D eigenvalue weighted by Gasteiger charge is 2.15. The average Bonchev–Trinajstić information content (AvgIpc) is 3.05. The minimum atomic E-state index is -0.234. The normalized spacial score (nSPS) is 10.1. The Bertz CT molecular complexity index is 653. The lowest BCUT2D eigenvalue weighted by atomic mass is 10.0. The molecule has 116 valence electrons. The number of ether oxygens (including phenoxy) is 2. The van der Waals surface area contributed by atoms with Gasteiger partial charge < -0.3 is 14.8 Å². The number of H-pyrrole nitrogens is 1. The van der Waals surface area contributed by atoms with Crippen LogP contribution in [-0.4, -0.2) is 35.3 Å². The van der Waals surface area contributed by atoms with Crippen molar-refractivity contribution >= 4 is 5.91 Å². The van der Waals surface area contributed by atoms with Crippen molar-refractivity contribution in [1.29, 1.82) is 0 Å². The average molecular weight is 302 g/mol. The maximum absolute atomic E-state index is 12.3. The molecule has 0 fully saturated rings. The SMILES string of the molecule is C=CCc1cc(C(=O)NCc2ncn[nH]2)cc(OC)c1OC. The maximum Gasteiger partial charge on any atom is 0.251 e. The van der Waals surface area contributed by atoms with E-state index in [1.165, 1.54) is 13.4 Å². The number of methoxy groups -OCH3 is 2. The predicted octanol–water partition coefficient (Wildman–Crippen LogP) is 1.48. The van der Waals surface area contributed by atoms with Crippen LogP contribution in [0.5, 0.6) is 11.5 Å². The zero-order valence-corrected chi connectivity index (χ0v) is 12.5. The van der Waals surface area contributed by atoms with Gasteiger partial charge in [-0.1, -0.05) is 6.08 Å². The first kappa shape index (κ1) is 15.6. The van der Waals surface area contributed by atoms with Crippen LogP contribution in [0.2, 0.25) is 0 Å². The molecule has 0 unspecified atom stereocenters. The van der Waals surface area contributed by atoms with Crippen molar-refractivity contribution in [1.82, 2.24) is 20.5 Å². The molecule has 7 heteroatoms. The van der Waals surface area contributed by atoms with E-state index < -0.39 is 0 Å². The molecule has 0 atom stereocenters. The molecule has 2 N–H and O–H groups in total. The van der Waals surface area contributed by atoms with Gasteiger partial charge in [0, 0.05) is 11.1 Å². The summed E-state index contributed by atoms with van der Waals surface area (Å²) < 4.78 is 10.6. The second-order valence-electron chi connectivity index (χ2n) is 4.48. The van der Waals surface area contributed by atoms with Crippen molar-refractivity contribution in [2.45, 2.75) is 13.0 Å². The Morgan fingerprint density at radius 3 is 2.82 bits per heavy atom. The molecule has 1 heterocycles. The Morgan fingerprint density at radius 2 is 2.23 bits per heavy atom. The highest BCUT2D eigenvalue weighted by atomic mass is 16.5. The number of aromatic amines is 1. The molecule has 1 aromatic heterocycles. The van der Waals surface area contributed by atoms with E-state index >= 15 is 0 Å². The monoisotopic (exact) mass is 302 g/mol. The quantitative estimate of drug-likeness (QED) is 0.756. The molecule has 0 saturated heterocycles. The first-order valence-corrected chi connectivity index (χ1v) is 6.67. The summed E-state index contributed by atoms with van der Waals surface area (Å²) in [5.41, 5.74) is 1.32. The van der Waals surface area contributed by atoms with Crippen molar-refractivity contribution in [3.8, 4) is 11.5 Å². The van der Waals surface area contributed by atoms with Crippen LogP contribution in [0.25, 0.3) is 0 Å². The Hall–Kier alpha value is -2.83. The molecule has 0 radical (unpaired) electrons. The zero-order valence-electron chi connectivity index (χ0n) is 12.5. The number of hydrogen-bond acceptors (Lipinski definition) is 5. The lowest BCUT2D eigenvalue weighted by Gasteiger charge is -2.14. The lowest BCUT2D eigenvalue weighted by Crippen LogP contribution is -2.23. The molecule has 22 heavy (non-hydrogen) atoms. The summed E-state index contributed by atoms with van der Waals surface area (Å²) in [7, 11) is 3.10. The molecular formula is C15H18N4O3. The largest absolute Gasteiger partial charge is 0.493 e. The van der Waals surface area contributed by atoms with Crippen LogP contribution < -0.4 is 14.8 Å². The van der Waals surface area contributed by atoms with Crippen LogP contribution >= 0.6 is 0 Å².